The number of hydrogen-bond acceptors (Lipinski definition) is 3. The fourth-order valence-electron chi connectivity index (χ4n) is 1.32. The Bertz CT molecular complexity index is 536. The molecular weight excluding hydrogens is 239 g/mol. The van der Waals surface area contributed by atoms with Crippen LogP contribution in [0.25, 0.3) is 0 Å². The Labute approximate surface area is 98.7 Å². The van der Waals surface area contributed by atoms with Gasteiger partial charge in [-0.25, -0.2) is 4.57 Å². The molecule has 4 nitrogen and oxygen atoms in total. The van der Waals surface area contributed by atoms with Gasteiger partial charge in [-0.15, -0.1) is 0 Å². The molecule has 17 heavy (non-hydrogen) atoms. The lowest BCUT2D eigenvalue weighted by Gasteiger charge is -2.13. The number of hydrogen-bond donors (Lipinski definition) is 2. The van der Waals surface area contributed by atoms with Crippen LogP contribution in [0.4, 0.5) is 0 Å². The Morgan fingerprint density at radius 1 is 0.941 bits per heavy atom. The molecule has 0 aliphatic rings. The second-order valence-corrected chi connectivity index (χ2v) is 5.18. The van der Waals surface area contributed by atoms with E-state index in [1.807, 2.05) is 0 Å². The van der Waals surface area contributed by atoms with Gasteiger partial charge >= 0.3 is 7.60 Å². The van der Waals surface area contributed by atoms with Crippen LogP contribution in [0.5, 0.6) is 11.5 Å². The van der Waals surface area contributed by atoms with Gasteiger partial charge in [0.25, 0.3) is 0 Å². The summed E-state index contributed by atoms with van der Waals surface area (Å²) >= 11 is 0. The van der Waals surface area contributed by atoms with Gasteiger partial charge in [-0.3, -0.25) is 0 Å². The van der Waals surface area contributed by atoms with Crippen LogP contribution < -0.4 is 9.83 Å². The minimum atomic E-state index is -3.86. The third-order valence-corrected chi connectivity index (χ3v) is 3.56. The molecular formula is C12H11O4P. The van der Waals surface area contributed by atoms with Gasteiger partial charge < -0.3 is 14.5 Å². The zero-order valence-electron chi connectivity index (χ0n) is 8.85. The van der Waals surface area contributed by atoms with Gasteiger partial charge in [0, 0.05) is 0 Å². The Morgan fingerprint density at radius 2 is 1.53 bits per heavy atom. The standard InChI is InChI=1S/C12H11O4P/c13-10-6-8-11(9-7-10)16-17(14,15)12-4-2-1-3-5-12/h1-9,13H,(H,14,15). The molecule has 2 aromatic carbocycles. The quantitative estimate of drug-likeness (QED) is 0.820. The maximum absolute atomic E-state index is 11.9. The average molecular weight is 250 g/mol. The Morgan fingerprint density at radius 3 is 2.12 bits per heavy atom. The van der Waals surface area contributed by atoms with Crippen LogP contribution in [0, 0.1) is 0 Å². The van der Waals surface area contributed by atoms with Gasteiger partial charge in [0.15, 0.2) is 0 Å². The van der Waals surface area contributed by atoms with E-state index in [2.05, 4.69) is 0 Å². The molecule has 0 amide bonds. The summed E-state index contributed by atoms with van der Waals surface area (Å²) < 4.78 is 17.0. The highest BCUT2D eigenvalue weighted by Crippen LogP contribution is 2.41. The van der Waals surface area contributed by atoms with Gasteiger partial charge in [-0.1, -0.05) is 18.2 Å². The first kappa shape index (κ1) is 11.7. The summed E-state index contributed by atoms with van der Waals surface area (Å²) in [5.74, 6) is 0.308. The second kappa shape index (κ2) is 4.62. The second-order valence-electron chi connectivity index (χ2n) is 3.44. The van der Waals surface area contributed by atoms with E-state index in [1.54, 1.807) is 18.2 Å². The molecule has 0 saturated carbocycles. The average Bonchev–Trinajstić information content (AvgIpc) is 2.33. The summed E-state index contributed by atoms with van der Waals surface area (Å²) in [5.41, 5.74) is 0. The summed E-state index contributed by atoms with van der Waals surface area (Å²) in [7, 11) is -3.86. The van der Waals surface area contributed by atoms with E-state index in [0.717, 1.165) is 0 Å². The number of aromatic hydroxyl groups is 1. The summed E-state index contributed by atoms with van der Waals surface area (Å²) in [6.07, 6.45) is 0. The van der Waals surface area contributed by atoms with Gasteiger partial charge in [-0.2, -0.15) is 0 Å². The molecule has 0 heterocycles. The van der Waals surface area contributed by atoms with Gasteiger partial charge in [-0.05, 0) is 36.4 Å². The van der Waals surface area contributed by atoms with Crippen LogP contribution in [-0.4, -0.2) is 10.00 Å². The van der Waals surface area contributed by atoms with Crippen LogP contribution in [0.1, 0.15) is 0 Å². The minimum Gasteiger partial charge on any atom is -0.508 e. The molecule has 0 fully saturated rings. The number of phenols is 1. The number of benzene rings is 2. The van der Waals surface area contributed by atoms with Crippen LogP contribution in [0.2, 0.25) is 0 Å². The van der Waals surface area contributed by atoms with Crippen LogP contribution in [0.3, 0.4) is 0 Å². The highest BCUT2D eigenvalue weighted by Gasteiger charge is 2.23. The van der Waals surface area contributed by atoms with E-state index in [1.165, 1.54) is 36.4 Å². The fourth-order valence-corrected chi connectivity index (χ4v) is 2.38. The molecule has 1 atom stereocenters. The molecule has 0 aliphatic carbocycles. The molecule has 0 radical (unpaired) electrons. The molecule has 1 unspecified atom stereocenters. The van der Waals surface area contributed by atoms with Gasteiger partial charge in [0.2, 0.25) is 0 Å². The first-order chi connectivity index (χ1) is 8.08. The van der Waals surface area contributed by atoms with Crippen molar-refractivity contribution in [2.24, 2.45) is 0 Å². The summed E-state index contributed by atoms with van der Waals surface area (Å²) in [4.78, 5) is 9.78. The predicted octanol–water partition coefficient (Wildman–Crippen LogP) is 2.28. The number of phenolic OH excluding ortho intramolecular Hbond substituents is 1. The van der Waals surface area contributed by atoms with E-state index in [4.69, 9.17) is 9.63 Å². The fraction of sp³-hybridized carbons (Fsp3) is 0. The van der Waals surface area contributed by atoms with E-state index >= 15 is 0 Å². The molecule has 0 saturated heterocycles. The van der Waals surface area contributed by atoms with Crippen molar-refractivity contribution < 1.29 is 19.1 Å². The van der Waals surface area contributed by atoms with E-state index in [0.29, 0.717) is 0 Å². The summed E-state index contributed by atoms with van der Waals surface area (Å²) in [6, 6.07) is 13.8. The van der Waals surface area contributed by atoms with E-state index in [9.17, 15) is 9.46 Å². The van der Waals surface area contributed by atoms with Crippen molar-refractivity contribution in [1.82, 2.24) is 0 Å². The molecule has 88 valence electrons. The van der Waals surface area contributed by atoms with Gasteiger partial charge in [0.1, 0.15) is 11.5 Å². The van der Waals surface area contributed by atoms with E-state index < -0.39 is 7.60 Å². The topological polar surface area (TPSA) is 66.8 Å². The molecule has 0 aromatic heterocycles. The SMILES string of the molecule is O=P(O)(Oc1ccc(O)cc1)c1ccccc1. The Kier molecular flexibility index (Phi) is 3.18. The first-order valence-corrected chi connectivity index (χ1v) is 6.53. The smallest absolute Gasteiger partial charge is 0.408 e. The summed E-state index contributed by atoms with van der Waals surface area (Å²) in [6.45, 7) is 0. The molecule has 5 heteroatoms. The normalized spacial score (nSPS) is 13.9. The molecule has 2 N–H and O–H groups in total. The molecule has 2 rings (SSSR count). The maximum atomic E-state index is 11.9. The zero-order chi connectivity index (χ0) is 12.3. The zero-order valence-corrected chi connectivity index (χ0v) is 9.75. The van der Waals surface area contributed by atoms with E-state index in [-0.39, 0.29) is 16.8 Å². The molecule has 0 spiro atoms. The van der Waals surface area contributed by atoms with Crippen molar-refractivity contribution in [2.75, 3.05) is 0 Å². The third-order valence-electron chi connectivity index (χ3n) is 2.15. The highest BCUT2D eigenvalue weighted by molar-refractivity contribution is 7.61. The Hall–Kier alpha value is -1.77. The van der Waals surface area contributed by atoms with Crippen molar-refractivity contribution in [3.05, 3.63) is 54.6 Å². The van der Waals surface area contributed by atoms with Crippen molar-refractivity contribution >= 4 is 12.9 Å². The summed E-state index contributed by atoms with van der Waals surface area (Å²) in [5, 5.41) is 9.31. The maximum Gasteiger partial charge on any atom is 0.408 e. The molecule has 0 aliphatic heterocycles. The largest absolute Gasteiger partial charge is 0.508 e. The van der Waals surface area contributed by atoms with Crippen molar-refractivity contribution in [3.63, 3.8) is 0 Å². The van der Waals surface area contributed by atoms with Crippen LogP contribution in [0.15, 0.2) is 54.6 Å². The van der Waals surface area contributed by atoms with Gasteiger partial charge in [0.05, 0.1) is 5.30 Å². The monoisotopic (exact) mass is 250 g/mol. The third kappa shape index (κ3) is 2.87. The van der Waals surface area contributed by atoms with Crippen molar-refractivity contribution in [3.8, 4) is 11.5 Å². The van der Waals surface area contributed by atoms with Crippen LogP contribution in [-0.2, 0) is 4.57 Å². The number of rotatable bonds is 3. The van der Waals surface area contributed by atoms with Crippen molar-refractivity contribution in [1.29, 1.82) is 0 Å². The molecule has 0 bridgehead atoms. The lowest BCUT2D eigenvalue weighted by molar-refractivity contribution is 0.392. The first-order valence-electron chi connectivity index (χ1n) is 4.95. The Balaban J connectivity index is 2.23. The van der Waals surface area contributed by atoms with Crippen LogP contribution >= 0.6 is 7.60 Å². The minimum absolute atomic E-state index is 0.0739. The highest BCUT2D eigenvalue weighted by atomic mass is 31.2. The van der Waals surface area contributed by atoms with Crippen molar-refractivity contribution in [2.45, 2.75) is 0 Å². The lowest BCUT2D eigenvalue weighted by Crippen LogP contribution is -2.08. The molecule has 2 aromatic rings. The predicted molar refractivity (Wildman–Crippen MR) is 64.6 cm³/mol. The lowest BCUT2D eigenvalue weighted by atomic mass is 10.3.